The average Bonchev–Trinajstić information content (AvgIpc) is 3.16. The van der Waals surface area contributed by atoms with Crippen LogP contribution in [0.25, 0.3) is 0 Å². The van der Waals surface area contributed by atoms with Gasteiger partial charge in [0.1, 0.15) is 6.61 Å². The number of allylic oxidation sites excluding steroid dienone is 1. The van der Waals surface area contributed by atoms with Crippen molar-refractivity contribution in [2.75, 3.05) is 26.4 Å². The maximum Gasteiger partial charge on any atom is 0.472 e. The summed E-state index contributed by atoms with van der Waals surface area (Å²) in [5.74, 6) is -0.346. The van der Waals surface area contributed by atoms with Crippen molar-refractivity contribution in [3.8, 4) is 0 Å². The Morgan fingerprint density at radius 2 is 0.926 bits per heavy atom. The molecule has 0 aliphatic rings. The van der Waals surface area contributed by atoms with E-state index in [1.54, 1.807) is 6.26 Å². The van der Waals surface area contributed by atoms with Gasteiger partial charge in [-0.15, -0.1) is 0 Å². The summed E-state index contributed by atoms with van der Waals surface area (Å²) in [5.41, 5.74) is 5.37. The first-order valence-corrected chi connectivity index (χ1v) is 24.7. The van der Waals surface area contributed by atoms with E-state index in [1.165, 1.54) is 186 Å². The number of nitrogens with two attached hydrogens (primary N) is 1. The molecule has 0 amide bonds. The number of rotatable bonds is 45. The lowest BCUT2D eigenvalue weighted by Crippen LogP contribution is -2.27. The Balaban J connectivity index is 3.99. The molecule has 0 aromatic rings. The molecule has 3 N–H and O–H groups in total. The quantitative estimate of drug-likeness (QED) is 0.0271. The minimum Gasteiger partial charge on any atom is -0.498 e. The first-order valence-electron chi connectivity index (χ1n) is 23.2. The van der Waals surface area contributed by atoms with Crippen LogP contribution in [0.15, 0.2) is 12.3 Å². The number of phosphoric acid groups is 1. The summed E-state index contributed by atoms with van der Waals surface area (Å²) in [7, 11) is -4.29. The lowest BCUT2D eigenvalue weighted by molar-refractivity contribution is -0.153. The van der Waals surface area contributed by atoms with Crippen molar-refractivity contribution in [1.82, 2.24) is 0 Å². The molecule has 0 radical (unpaired) electrons. The van der Waals surface area contributed by atoms with Gasteiger partial charge in [0.2, 0.25) is 0 Å². The highest BCUT2D eigenvalue weighted by Gasteiger charge is 2.25. The zero-order valence-corrected chi connectivity index (χ0v) is 36.6. The molecule has 1 unspecified atom stereocenters. The Morgan fingerprint density at radius 3 is 1.31 bits per heavy atom. The number of carbonyl (C=O) groups is 1. The van der Waals surface area contributed by atoms with Crippen molar-refractivity contribution in [2.45, 2.75) is 245 Å². The second kappa shape index (κ2) is 43.2. The Hall–Kier alpha value is -0.920. The third kappa shape index (κ3) is 42.2. The predicted octanol–water partition coefficient (Wildman–Crippen LogP) is 14.2. The van der Waals surface area contributed by atoms with Gasteiger partial charge >= 0.3 is 13.8 Å². The van der Waals surface area contributed by atoms with Crippen molar-refractivity contribution < 1.29 is 32.8 Å². The van der Waals surface area contributed by atoms with Crippen LogP contribution in [0.1, 0.15) is 239 Å². The minimum atomic E-state index is -4.29. The fourth-order valence-electron chi connectivity index (χ4n) is 6.85. The summed E-state index contributed by atoms with van der Waals surface area (Å²) in [4.78, 5) is 22.5. The largest absolute Gasteiger partial charge is 0.498 e. The highest BCUT2D eigenvalue weighted by Crippen LogP contribution is 2.43. The van der Waals surface area contributed by atoms with Gasteiger partial charge in [0.05, 0.1) is 19.5 Å². The lowest BCUT2D eigenvalue weighted by Gasteiger charge is -2.19. The van der Waals surface area contributed by atoms with E-state index in [1.807, 2.05) is 6.08 Å². The smallest absolute Gasteiger partial charge is 0.472 e. The van der Waals surface area contributed by atoms with E-state index in [-0.39, 0.29) is 32.3 Å². The molecule has 0 heterocycles. The van der Waals surface area contributed by atoms with Crippen molar-refractivity contribution in [3.63, 3.8) is 0 Å². The molecule has 0 saturated carbocycles. The normalized spacial score (nSPS) is 13.4. The van der Waals surface area contributed by atoms with Crippen LogP contribution < -0.4 is 5.73 Å². The topological polar surface area (TPSA) is 117 Å². The lowest BCUT2D eigenvalue weighted by atomic mass is 10.0. The minimum absolute atomic E-state index is 0.0388. The molecule has 0 saturated heterocycles. The Kier molecular flexibility index (Phi) is 42.5. The molecular formula is C45H90NO7P. The zero-order chi connectivity index (χ0) is 39.5. The van der Waals surface area contributed by atoms with Crippen molar-refractivity contribution in [1.29, 1.82) is 0 Å². The van der Waals surface area contributed by atoms with E-state index in [0.717, 1.165) is 32.1 Å². The van der Waals surface area contributed by atoms with Crippen molar-refractivity contribution in [2.24, 2.45) is 5.73 Å². The van der Waals surface area contributed by atoms with Crippen molar-refractivity contribution >= 4 is 13.8 Å². The van der Waals surface area contributed by atoms with Crippen LogP contribution in [0.4, 0.5) is 0 Å². The van der Waals surface area contributed by atoms with Gasteiger partial charge in [-0.2, -0.15) is 0 Å². The van der Waals surface area contributed by atoms with Gasteiger partial charge < -0.3 is 20.1 Å². The van der Waals surface area contributed by atoms with Gasteiger partial charge in [-0.3, -0.25) is 13.8 Å². The molecule has 0 rings (SSSR count). The number of unbranched alkanes of at least 4 members (excludes halogenated alkanes) is 32. The first kappa shape index (κ1) is 53.1. The van der Waals surface area contributed by atoms with E-state index < -0.39 is 13.9 Å². The second-order valence-corrected chi connectivity index (χ2v) is 17.2. The van der Waals surface area contributed by atoms with Crippen LogP contribution in [-0.2, 0) is 27.9 Å². The molecule has 0 aliphatic carbocycles. The number of hydrogen-bond acceptors (Lipinski definition) is 7. The molecule has 2 atom stereocenters. The van der Waals surface area contributed by atoms with Crippen LogP contribution >= 0.6 is 7.82 Å². The maximum atomic E-state index is 12.6. The van der Waals surface area contributed by atoms with Crippen LogP contribution in [0, 0.1) is 0 Å². The molecular weight excluding hydrogens is 697 g/mol. The van der Waals surface area contributed by atoms with E-state index >= 15 is 0 Å². The molecule has 54 heavy (non-hydrogen) atoms. The fourth-order valence-corrected chi connectivity index (χ4v) is 7.61. The monoisotopic (exact) mass is 788 g/mol. The average molecular weight is 788 g/mol. The number of esters is 1. The number of ether oxygens (including phenoxy) is 2. The van der Waals surface area contributed by atoms with E-state index in [4.69, 9.17) is 24.3 Å². The molecule has 322 valence electrons. The number of phosphoric ester groups is 1. The Bertz CT molecular complexity index is 843. The summed E-state index contributed by atoms with van der Waals surface area (Å²) >= 11 is 0. The standard InChI is InChI=1S/C45H90NO7P/c1-3-5-7-9-11-13-15-17-19-21-22-23-24-26-28-30-32-34-36-38-45(47)53-44(43-52-54(48,49)51-41-39-46)42-50-40-37-35-33-31-29-27-25-20-18-16-14-12-10-8-6-4-2/h37,40,44H,3-36,38-39,41-43,46H2,1-2H3,(H,48,49)/b40-37-/t44-/m1/s1. The first-order chi connectivity index (χ1) is 26.4. The van der Waals surface area contributed by atoms with Gasteiger partial charge in [-0.1, -0.05) is 213 Å². The Morgan fingerprint density at radius 1 is 0.556 bits per heavy atom. The highest BCUT2D eigenvalue weighted by molar-refractivity contribution is 7.47. The molecule has 0 fully saturated rings. The number of carbonyl (C=O) groups excluding carboxylic acids is 1. The summed E-state index contributed by atoms with van der Waals surface area (Å²) in [6.07, 6.45) is 47.5. The molecule has 0 aromatic carbocycles. The van der Waals surface area contributed by atoms with Crippen molar-refractivity contribution in [3.05, 3.63) is 12.3 Å². The summed E-state index contributed by atoms with van der Waals surface area (Å²) in [6, 6.07) is 0. The van der Waals surface area contributed by atoms with Gasteiger partial charge in [-0.25, -0.2) is 4.57 Å². The van der Waals surface area contributed by atoms with Gasteiger partial charge in [0.25, 0.3) is 0 Å². The zero-order valence-electron chi connectivity index (χ0n) is 35.7. The van der Waals surface area contributed by atoms with Crippen LogP contribution in [0.3, 0.4) is 0 Å². The highest BCUT2D eigenvalue weighted by atomic mass is 31.2. The summed E-state index contributed by atoms with van der Waals surface area (Å²) in [6.45, 7) is 4.29. The molecule has 0 spiro atoms. The molecule has 0 aromatic heterocycles. The molecule has 8 nitrogen and oxygen atoms in total. The fraction of sp³-hybridized carbons (Fsp3) is 0.933. The third-order valence-corrected chi connectivity index (χ3v) is 11.3. The van der Waals surface area contributed by atoms with Gasteiger partial charge in [0.15, 0.2) is 6.10 Å². The molecule has 0 bridgehead atoms. The SMILES string of the molecule is CCCCCCCCCCCCCCCC/C=C\OC[C@H](COP(=O)(O)OCCN)OC(=O)CCCCCCCCCCCCCCCCCCCCC. The predicted molar refractivity (Wildman–Crippen MR) is 229 cm³/mol. The van der Waals surface area contributed by atoms with Crippen LogP contribution in [0.5, 0.6) is 0 Å². The van der Waals surface area contributed by atoms with Crippen LogP contribution in [0.2, 0.25) is 0 Å². The third-order valence-electron chi connectivity index (χ3n) is 10.3. The van der Waals surface area contributed by atoms with Gasteiger partial charge in [0, 0.05) is 13.0 Å². The Labute approximate surface area is 334 Å². The second-order valence-electron chi connectivity index (χ2n) is 15.7. The summed E-state index contributed by atoms with van der Waals surface area (Å²) < 4.78 is 33.2. The maximum absolute atomic E-state index is 12.6. The van der Waals surface area contributed by atoms with E-state index in [2.05, 4.69) is 13.8 Å². The molecule has 9 heteroatoms. The van der Waals surface area contributed by atoms with E-state index in [0.29, 0.717) is 6.42 Å². The summed E-state index contributed by atoms with van der Waals surface area (Å²) in [5, 5.41) is 0. The van der Waals surface area contributed by atoms with Crippen LogP contribution in [-0.4, -0.2) is 43.3 Å². The van der Waals surface area contributed by atoms with Gasteiger partial charge in [-0.05, 0) is 25.3 Å². The molecule has 0 aliphatic heterocycles. The van der Waals surface area contributed by atoms with E-state index in [9.17, 15) is 14.3 Å². The number of hydrogen-bond donors (Lipinski definition) is 2.